The third-order valence-corrected chi connectivity index (χ3v) is 2.18. The number of esters is 1. The quantitative estimate of drug-likeness (QED) is 0.700. The van der Waals surface area contributed by atoms with Crippen LogP contribution in [0, 0.1) is 5.41 Å². The number of rotatable bonds is 6. The monoisotopic (exact) mass is 231 g/mol. The van der Waals surface area contributed by atoms with E-state index in [9.17, 15) is 9.90 Å². The van der Waals surface area contributed by atoms with Crippen LogP contribution in [0.5, 0.6) is 0 Å². The molecule has 1 atom stereocenters. The number of carbonyl (C=O) groups excluding carboxylic acids is 1. The molecular weight excluding hydrogens is 206 g/mol. The first-order valence-electron chi connectivity index (χ1n) is 5.68. The highest BCUT2D eigenvalue weighted by molar-refractivity contribution is 5.69. The molecule has 0 aliphatic carbocycles. The van der Waals surface area contributed by atoms with Crippen molar-refractivity contribution in [3.63, 3.8) is 0 Å². The summed E-state index contributed by atoms with van der Waals surface area (Å²) in [6, 6.07) is 0. The summed E-state index contributed by atoms with van der Waals surface area (Å²) in [4.78, 5) is 13.0. The van der Waals surface area contributed by atoms with Crippen molar-refractivity contribution in [2.24, 2.45) is 5.41 Å². The summed E-state index contributed by atoms with van der Waals surface area (Å²) in [6.07, 6.45) is 0.272. The number of methoxy groups -OCH3 is 1. The van der Waals surface area contributed by atoms with Crippen LogP contribution >= 0.6 is 0 Å². The fourth-order valence-electron chi connectivity index (χ4n) is 1.71. The van der Waals surface area contributed by atoms with Crippen molar-refractivity contribution in [2.45, 2.75) is 39.7 Å². The number of hydrogen-bond donors (Lipinski definition) is 1. The van der Waals surface area contributed by atoms with E-state index in [1.54, 1.807) is 0 Å². The number of likely N-dealkylation sites (N-methyl/N-ethyl adjacent to an activating group) is 1. The molecule has 0 fully saturated rings. The molecule has 96 valence electrons. The molecular formula is C12H25NO3. The van der Waals surface area contributed by atoms with Gasteiger partial charge in [-0.2, -0.15) is 0 Å². The van der Waals surface area contributed by atoms with E-state index in [1.165, 1.54) is 7.11 Å². The van der Waals surface area contributed by atoms with Gasteiger partial charge in [0.15, 0.2) is 0 Å². The third-order valence-electron chi connectivity index (χ3n) is 2.18. The van der Waals surface area contributed by atoms with E-state index >= 15 is 0 Å². The maximum Gasteiger partial charge on any atom is 0.305 e. The summed E-state index contributed by atoms with van der Waals surface area (Å²) in [6.45, 7) is 7.98. The molecule has 0 aromatic rings. The fraction of sp³-hybridized carbons (Fsp3) is 0.917. The van der Waals surface area contributed by atoms with E-state index in [-0.39, 0.29) is 17.8 Å². The Hall–Kier alpha value is -0.610. The van der Waals surface area contributed by atoms with Gasteiger partial charge in [0.25, 0.3) is 0 Å². The van der Waals surface area contributed by atoms with Crippen LogP contribution in [-0.2, 0) is 9.53 Å². The first kappa shape index (κ1) is 15.4. The minimum atomic E-state index is -0.466. The Balaban J connectivity index is 3.78. The van der Waals surface area contributed by atoms with Crippen LogP contribution in [0.3, 0.4) is 0 Å². The van der Waals surface area contributed by atoms with Gasteiger partial charge in [0.1, 0.15) is 0 Å². The maximum atomic E-state index is 10.9. The van der Waals surface area contributed by atoms with E-state index in [2.05, 4.69) is 30.4 Å². The van der Waals surface area contributed by atoms with Gasteiger partial charge in [-0.25, -0.2) is 0 Å². The number of ether oxygens (including phenoxy) is 1. The van der Waals surface area contributed by atoms with Gasteiger partial charge in [-0.3, -0.25) is 4.79 Å². The Morgan fingerprint density at radius 2 is 2.00 bits per heavy atom. The molecule has 1 unspecified atom stereocenters. The molecule has 0 aliphatic heterocycles. The van der Waals surface area contributed by atoms with Crippen molar-refractivity contribution in [2.75, 3.05) is 27.2 Å². The van der Waals surface area contributed by atoms with Gasteiger partial charge in [-0.15, -0.1) is 0 Å². The van der Waals surface area contributed by atoms with Crippen molar-refractivity contribution in [1.82, 2.24) is 4.90 Å². The lowest BCUT2D eigenvalue weighted by Crippen LogP contribution is -2.35. The predicted octanol–water partition coefficient (Wildman–Crippen LogP) is 1.28. The molecule has 0 aliphatic rings. The molecule has 0 heterocycles. The van der Waals surface area contributed by atoms with Gasteiger partial charge in [0.05, 0.1) is 13.2 Å². The van der Waals surface area contributed by atoms with Crippen molar-refractivity contribution < 1.29 is 14.6 Å². The second kappa shape index (κ2) is 6.86. The molecule has 0 saturated heterocycles. The Bertz CT molecular complexity index is 211. The summed E-state index contributed by atoms with van der Waals surface area (Å²) in [5, 5.41) is 9.71. The molecule has 16 heavy (non-hydrogen) atoms. The highest BCUT2D eigenvalue weighted by atomic mass is 16.5. The lowest BCUT2D eigenvalue weighted by molar-refractivity contribution is -0.141. The molecule has 0 radical (unpaired) electrons. The third kappa shape index (κ3) is 8.68. The van der Waals surface area contributed by atoms with E-state index in [0.29, 0.717) is 13.0 Å². The van der Waals surface area contributed by atoms with Gasteiger partial charge >= 0.3 is 5.97 Å². The van der Waals surface area contributed by atoms with Gasteiger partial charge in [0.2, 0.25) is 0 Å². The van der Waals surface area contributed by atoms with Crippen molar-refractivity contribution >= 4 is 5.97 Å². The Morgan fingerprint density at radius 3 is 2.44 bits per heavy atom. The average Bonchev–Trinajstić information content (AvgIpc) is 2.10. The van der Waals surface area contributed by atoms with Crippen molar-refractivity contribution in [1.29, 1.82) is 0 Å². The van der Waals surface area contributed by atoms with E-state index in [0.717, 1.165) is 6.54 Å². The Labute approximate surface area is 98.6 Å². The summed E-state index contributed by atoms with van der Waals surface area (Å²) in [7, 11) is 3.34. The van der Waals surface area contributed by atoms with E-state index in [4.69, 9.17) is 0 Å². The summed E-state index contributed by atoms with van der Waals surface area (Å²) in [5.74, 6) is -0.266. The highest BCUT2D eigenvalue weighted by Gasteiger charge is 2.16. The molecule has 4 heteroatoms. The van der Waals surface area contributed by atoms with Crippen LogP contribution in [0.15, 0.2) is 0 Å². The maximum absolute atomic E-state index is 10.9. The molecule has 0 aromatic heterocycles. The van der Waals surface area contributed by atoms with Crippen molar-refractivity contribution in [3.8, 4) is 0 Å². The van der Waals surface area contributed by atoms with Gasteiger partial charge in [-0.05, 0) is 18.9 Å². The molecule has 4 nitrogen and oxygen atoms in total. The zero-order valence-corrected chi connectivity index (χ0v) is 11.1. The standard InChI is InChI=1S/C12H25NO3/c1-12(2,3)9-13(4)8-10(14)6-7-11(15)16-5/h10,14H,6-9H2,1-5H3. The average molecular weight is 231 g/mol. The molecule has 0 bridgehead atoms. The normalized spacial score (nSPS) is 13.9. The van der Waals surface area contributed by atoms with Gasteiger partial charge in [0, 0.05) is 19.5 Å². The smallest absolute Gasteiger partial charge is 0.305 e. The minimum absolute atomic E-state index is 0.219. The first-order chi connectivity index (χ1) is 7.24. The number of carbonyl (C=O) groups is 1. The molecule has 0 rings (SSSR count). The lowest BCUT2D eigenvalue weighted by Gasteiger charge is -2.28. The molecule has 0 aromatic carbocycles. The molecule has 0 amide bonds. The van der Waals surface area contributed by atoms with E-state index < -0.39 is 6.10 Å². The van der Waals surface area contributed by atoms with Crippen molar-refractivity contribution in [3.05, 3.63) is 0 Å². The summed E-state index contributed by atoms with van der Waals surface area (Å²) < 4.78 is 4.52. The van der Waals surface area contributed by atoms with Crippen LogP contribution in [-0.4, -0.2) is 49.3 Å². The second-order valence-electron chi connectivity index (χ2n) is 5.53. The number of aliphatic hydroxyl groups excluding tert-OH is 1. The van der Waals surface area contributed by atoms with Crippen LogP contribution in [0.1, 0.15) is 33.6 Å². The van der Waals surface area contributed by atoms with Crippen LogP contribution < -0.4 is 0 Å². The van der Waals surface area contributed by atoms with Crippen LogP contribution in [0.2, 0.25) is 0 Å². The zero-order chi connectivity index (χ0) is 12.8. The number of nitrogens with zero attached hydrogens (tertiary/aromatic N) is 1. The molecule has 0 saturated carbocycles. The zero-order valence-electron chi connectivity index (χ0n) is 11.1. The number of hydrogen-bond acceptors (Lipinski definition) is 4. The second-order valence-corrected chi connectivity index (χ2v) is 5.53. The Morgan fingerprint density at radius 1 is 1.44 bits per heavy atom. The molecule has 1 N–H and O–H groups in total. The predicted molar refractivity (Wildman–Crippen MR) is 64.2 cm³/mol. The highest BCUT2D eigenvalue weighted by Crippen LogP contribution is 2.14. The van der Waals surface area contributed by atoms with E-state index in [1.807, 2.05) is 7.05 Å². The summed E-state index contributed by atoms with van der Waals surface area (Å²) in [5.41, 5.74) is 0.219. The lowest BCUT2D eigenvalue weighted by atomic mass is 9.96. The largest absolute Gasteiger partial charge is 0.469 e. The topological polar surface area (TPSA) is 49.8 Å². The van der Waals surface area contributed by atoms with Gasteiger partial charge in [-0.1, -0.05) is 20.8 Å². The summed E-state index contributed by atoms with van der Waals surface area (Å²) >= 11 is 0. The van der Waals surface area contributed by atoms with Gasteiger partial charge < -0.3 is 14.7 Å². The SMILES string of the molecule is COC(=O)CCC(O)CN(C)CC(C)(C)C. The van der Waals surface area contributed by atoms with Crippen LogP contribution in [0.25, 0.3) is 0 Å². The fourth-order valence-corrected chi connectivity index (χ4v) is 1.71. The first-order valence-corrected chi connectivity index (χ1v) is 5.68. The number of aliphatic hydroxyl groups is 1. The minimum Gasteiger partial charge on any atom is -0.469 e. The molecule has 0 spiro atoms. The Kier molecular flexibility index (Phi) is 6.60. The van der Waals surface area contributed by atoms with Crippen LogP contribution in [0.4, 0.5) is 0 Å².